The molecule has 1 aromatic carbocycles. The van der Waals surface area contributed by atoms with Gasteiger partial charge in [-0.25, -0.2) is 0 Å². The van der Waals surface area contributed by atoms with E-state index in [1.54, 1.807) is 6.07 Å². The van der Waals surface area contributed by atoms with Crippen LogP contribution in [0.3, 0.4) is 0 Å². The summed E-state index contributed by atoms with van der Waals surface area (Å²) in [5, 5.41) is 23.4. The molecule has 1 aromatic rings. The lowest BCUT2D eigenvalue weighted by Gasteiger charge is -2.29. The molecule has 3 atom stereocenters. The lowest BCUT2D eigenvalue weighted by molar-refractivity contribution is 0.0684. The van der Waals surface area contributed by atoms with Crippen LogP contribution in [0.2, 0.25) is 0 Å². The Hall–Kier alpha value is -1.06. The first-order chi connectivity index (χ1) is 9.08. The summed E-state index contributed by atoms with van der Waals surface area (Å²) in [4.78, 5) is 0. The molecular formula is C16H25NO2. The van der Waals surface area contributed by atoms with Crippen LogP contribution in [0, 0.1) is 12.8 Å². The lowest BCUT2D eigenvalue weighted by atomic mass is 9.86. The van der Waals surface area contributed by atoms with Gasteiger partial charge in [-0.15, -0.1) is 0 Å². The normalized spacial score (nSPS) is 25.2. The summed E-state index contributed by atoms with van der Waals surface area (Å²) < 4.78 is 0. The fourth-order valence-electron chi connectivity index (χ4n) is 2.88. The first-order valence-corrected chi connectivity index (χ1v) is 7.29. The van der Waals surface area contributed by atoms with E-state index in [0.29, 0.717) is 11.7 Å². The Kier molecular flexibility index (Phi) is 4.83. The predicted octanol–water partition coefficient (Wildman–Crippen LogP) is 2.90. The van der Waals surface area contributed by atoms with Gasteiger partial charge in [0.25, 0.3) is 0 Å². The molecule has 1 aliphatic rings. The molecule has 2 rings (SSSR count). The number of aliphatic hydroxyl groups is 1. The van der Waals surface area contributed by atoms with Gasteiger partial charge >= 0.3 is 0 Å². The van der Waals surface area contributed by atoms with Crippen molar-refractivity contribution in [3.63, 3.8) is 0 Å². The second-order valence-electron chi connectivity index (χ2n) is 5.80. The Bertz CT molecular complexity index is 419. The van der Waals surface area contributed by atoms with Crippen molar-refractivity contribution in [2.24, 2.45) is 5.92 Å². The number of rotatable bonds is 4. The number of nitrogens with one attached hydrogen (secondary N) is 1. The molecule has 0 aromatic heterocycles. The predicted molar refractivity (Wildman–Crippen MR) is 77.2 cm³/mol. The van der Waals surface area contributed by atoms with Crippen molar-refractivity contribution in [1.29, 1.82) is 0 Å². The molecule has 0 radical (unpaired) electrons. The van der Waals surface area contributed by atoms with E-state index >= 15 is 0 Å². The van der Waals surface area contributed by atoms with Crippen molar-refractivity contribution < 1.29 is 10.2 Å². The van der Waals surface area contributed by atoms with Gasteiger partial charge in [0, 0.05) is 18.2 Å². The Labute approximate surface area is 115 Å². The van der Waals surface area contributed by atoms with Gasteiger partial charge in [-0.1, -0.05) is 25.0 Å². The number of hydrogen-bond donors (Lipinski definition) is 3. The summed E-state index contributed by atoms with van der Waals surface area (Å²) in [6, 6.07) is 5.89. The number of phenols is 1. The molecule has 1 fully saturated rings. The number of aromatic hydroxyl groups is 1. The van der Waals surface area contributed by atoms with Crippen LogP contribution in [0.4, 0.5) is 0 Å². The zero-order valence-electron chi connectivity index (χ0n) is 11.9. The van der Waals surface area contributed by atoms with Gasteiger partial charge in [-0.3, -0.25) is 0 Å². The molecule has 3 N–H and O–H groups in total. The molecule has 3 unspecified atom stereocenters. The number of hydrogen-bond acceptors (Lipinski definition) is 3. The Morgan fingerprint density at radius 3 is 2.74 bits per heavy atom. The number of benzene rings is 1. The minimum atomic E-state index is -0.167. The maximum absolute atomic E-state index is 9.96. The van der Waals surface area contributed by atoms with E-state index in [4.69, 9.17) is 0 Å². The average molecular weight is 263 g/mol. The van der Waals surface area contributed by atoms with Crippen LogP contribution >= 0.6 is 0 Å². The van der Waals surface area contributed by atoms with Gasteiger partial charge in [0.05, 0.1) is 6.10 Å². The van der Waals surface area contributed by atoms with Gasteiger partial charge in [-0.2, -0.15) is 0 Å². The highest BCUT2D eigenvalue weighted by Gasteiger charge is 2.23. The maximum atomic E-state index is 9.96. The van der Waals surface area contributed by atoms with Gasteiger partial charge < -0.3 is 15.5 Å². The minimum absolute atomic E-state index is 0.106. The third-order valence-corrected chi connectivity index (χ3v) is 4.21. The molecular weight excluding hydrogens is 238 g/mol. The van der Waals surface area contributed by atoms with Crippen LogP contribution in [-0.4, -0.2) is 22.9 Å². The molecule has 106 valence electrons. The van der Waals surface area contributed by atoms with Gasteiger partial charge in [-0.05, 0) is 44.2 Å². The van der Waals surface area contributed by atoms with Gasteiger partial charge in [0.2, 0.25) is 0 Å². The third kappa shape index (κ3) is 3.71. The fraction of sp³-hybridized carbons (Fsp3) is 0.625. The molecule has 0 heterocycles. The smallest absolute Gasteiger partial charge is 0.120 e. The summed E-state index contributed by atoms with van der Waals surface area (Å²) >= 11 is 0. The van der Waals surface area contributed by atoms with E-state index < -0.39 is 0 Å². The van der Waals surface area contributed by atoms with E-state index in [0.717, 1.165) is 36.9 Å². The lowest BCUT2D eigenvalue weighted by Crippen LogP contribution is -2.34. The zero-order valence-corrected chi connectivity index (χ0v) is 11.9. The quantitative estimate of drug-likeness (QED) is 0.783. The molecule has 0 amide bonds. The van der Waals surface area contributed by atoms with E-state index in [9.17, 15) is 10.2 Å². The number of aryl methyl sites for hydroxylation is 1. The fourth-order valence-corrected chi connectivity index (χ4v) is 2.88. The van der Waals surface area contributed by atoms with E-state index in [1.165, 1.54) is 6.42 Å². The third-order valence-electron chi connectivity index (χ3n) is 4.21. The summed E-state index contributed by atoms with van der Waals surface area (Å²) in [5.74, 6) is 0.702. The molecule has 0 saturated heterocycles. The van der Waals surface area contributed by atoms with E-state index in [-0.39, 0.29) is 12.1 Å². The minimum Gasteiger partial charge on any atom is -0.508 e. The van der Waals surface area contributed by atoms with Crippen LogP contribution in [0.25, 0.3) is 0 Å². The summed E-state index contributed by atoms with van der Waals surface area (Å²) in [6.45, 7) is 4.84. The van der Waals surface area contributed by atoms with Gasteiger partial charge in [0.1, 0.15) is 5.75 Å². The van der Waals surface area contributed by atoms with Crippen molar-refractivity contribution in [1.82, 2.24) is 5.32 Å². The van der Waals surface area contributed by atoms with Crippen molar-refractivity contribution in [3.05, 3.63) is 29.3 Å². The van der Waals surface area contributed by atoms with Crippen molar-refractivity contribution in [2.75, 3.05) is 6.54 Å². The first-order valence-electron chi connectivity index (χ1n) is 7.29. The van der Waals surface area contributed by atoms with Crippen LogP contribution < -0.4 is 5.32 Å². The molecule has 3 nitrogen and oxygen atoms in total. The number of aliphatic hydroxyl groups excluding tert-OH is 1. The van der Waals surface area contributed by atoms with E-state index in [2.05, 4.69) is 12.2 Å². The zero-order chi connectivity index (χ0) is 13.8. The highest BCUT2D eigenvalue weighted by molar-refractivity contribution is 5.37. The van der Waals surface area contributed by atoms with Crippen LogP contribution in [0.1, 0.15) is 49.8 Å². The summed E-state index contributed by atoms with van der Waals surface area (Å²) in [6.07, 6.45) is 4.22. The monoisotopic (exact) mass is 263 g/mol. The summed E-state index contributed by atoms with van der Waals surface area (Å²) in [5.41, 5.74) is 1.99. The standard InChI is InChI=1S/C16H25NO2/c1-11-7-8-14(16(19)9-11)12(2)17-10-13-5-3-4-6-15(13)18/h7-9,12-13,15,17-19H,3-6,10H2,1-2H3. The van der Waals surface area contributed by atoms with Crippen molar-refractivity contribution in [3.8, 4) is 5.75 Å². The molecule has 0 spiro atoms. The molecule has 1 aliphatic carbocycles. The highest BCUT2D eigenvalue weighted by Crippen LogP contribution is 2.27. The van der Waals surface area contributed by atoms with Crippen molar-refractivity contribution >= 4 is 0 Å². The topological polar surface area (TPSA) is 52.5 Å². The molecule has 0 aliphatic heterocycles. The Balaban J connectivity index is 1.91. The highest BCUT2D eigenvalue weighted by atomic mass is 16.3. The SMILES string of the molecule is Cc1ccc(C(C)NCC2CCCCC2O)c(O)c1. The van der Waals surface area contributed by atoms with Crippen molar-refractivity contribution in [2.45, 2.75) is 51.7 Å². The molecule has 3 heteroatoms. The molecule has 1 saturated carbocycles. The maximum Gasteiger partial charge on any atom is 0.120 e. The van der Waals surface area contributed by atoms with E-state index in [1.807, 2.05) is 19.1 Å². The molecule has 0 bridgehead atoms. The largest absolute Gasteiger partial charge is 0.508 e. The molecule has 19 heavy (non-hydrogen) atoms. The average Bonchev–Trinajstić information content (AvgIpc) is 2.37. The second-order valence-corrected chi connectivity index (χ2v) is 5.80. The summed E-state index contributed by atoms with van der Waals surface area (Å²) in [7, 11) is 0. The Morgan fingerprint density at radius 1 is 1.32 bits per heavy atom. The first kappa shape index (κ1) is 14.4. The van der Waals surface area contributed by atoms with Gasteiger partial charge in [0.15, 0.2) is 0 Å². The second kappa shape index (κ2) is 6.40. The number of phenolic OH excluding ortho intramolecular Hbond substituents is 1. The van der Waals surface area contributed by atoms with Crippen LogP contribution in [0.5, 0.6) is 5.75 Å². The van der Waals surface area contributed by atoms with Crippen LogP contribution in [-0.2, 0) is 0 Å². The van der Waals surface area contributed by atoms with Crippen LogP contribution in [0.15, 0.2) is 18.2 Å². The Morgan fingerprint density at radius 2 is 2.05 bits per heavy atom.